The van der Waals surface area contributed by atoms with E-state index in [-0.39, 0.29) is 5.02 Å². The molecule has 0 saturated carbocycles. The normalized spacial score (nSPS) is 11.2. The Morgan fingerprint density at radius 1 is 1.33 bits per heavy atom. The molecule has 0 aliphatic rings. The molecule has 0 fully saturated rings. The summed E-state index contributed by atoms with van der Waals surface area (Å²) in [6.07, 6.45) is -0.422. The van der Waals surface area contributed by atoms with Crippen molar-refractivity contribution in [3.05, 3.63) is 34.9 Å². The second kappa shape index (κ2) is 3.19. The molecule has 0 spiro atoms. The van der Waals surface area contributed by atoms with Crippen molar-refractivity contribution in [1.82, 2.24) is 0 Å². The Kier molecular flexibility index (Phi) is 2.43. The summed E-state index contributed by atoms with van der Waals surface area (Å²) in [4.78, 5) is 9.97. The van der Waals surface area contributed by atoms with Crippen molar-refractivity contribution < 1.29 is 13.6 Å². The Bertz CT molecular complexity index is 299. The average Bonchev–Trinajstić information content (AvgIpc) is 2.05. The summed E-state index contributed by atoms with van der Waals surface area (Å²) in [7, 11) is 0. The first-order chi connectivity index (χ1) is 5.58. The maximum atomic E-state index is 12.7. The van der Waals surface area contributed by atoms with Gasteiger partial charge in [0.15, 0.2) is 6.29 Å². The molecule has 0 aliphatic heterocycles. The van der Waals surface area contributed by atoms with E-state index in [0.29, 0.717) is 0 Å². The molecule has 4 heteroatoms. The molecular weight excluding hydrogens is 186 g/mol. The van der Waals surface area contributed by atoms with Crippen LogP contribution in [0.2, 0.25) is 5.02 Å². The van der Waals surface area contributed by atoms with Crippen LogP contribution < -0.4 is 0 Å². The largest absolute Gasteiger partial charge is 0.329 e. The summed E-state index contributed by atoms with van der Waals surface area (Å²) in [6, 6.07) is 5.36. The summed E-state index contributed by atoms with van der Waals surface area (Å²) in [5.74, 6) is -3.49. The molecule has 0 N–H and O–H groups in total. The molecule has 0 bridgehead atoms. The fraction of sp³-hybridized carbons (Fsp3) is 0.125. The second-order valence-corrected chi connectivity index (χ2v) is 2.63. The van der Waals surface area contributed by atoms with Gasteiger partial charge in [-0.3, -0.25) is 4.79 Å². The number of alkyl halides is 2. The maximum absolute atomic E-state index is 12.7. The van der Waals surface area contributed by atoms with E-state index in [4.69, 9.17) is 11.6 Å². The van der Waals surface area contributed by atoms with E-state index in [1.54, 1.807) is 0 Å². The van der Waals surface area contributed by atoms with Crippen molar-refractivity contribution in [2.45, 2.75) is 5.92 Å². The highest BCUT2D eigenvalue weighted by atomic mass is 35.5. The summed E-state index contributed by atoms with van der Waals surface area (Å²) in [5.41, 5.74) is -0.457. The summed E-state index contributed by atoms with van der Waals surface area (Å²) in [5, 5.41) is -0.102. The van der Waals surface area contributed by atoms with E-state index in [1.807, 2.05) is 0 Å². The third kappa shape index (κ3) is 1.61. The molecule has 0 aromatic heterocycles. The highest BCUT2D eigenvalue weighted by Crippen LogP contribution is 2.30. The molecule has 0 heterocycles. The Morgan fingerprint density at radius 2 is 1.92 bits per heavy atom. The minimum atomic E-state index is -3.49. The molecule has 0 saturated heterocycles. The number of hydrogen-bond donors (Lipinski definition) is 0. The minimum absolute atomic E-state index is 0.102. The Balaban J connectivity index is 3.19. The van der Waals surface area contributed by atoms with E-state index in [9.17, 15) is 13.6 Å². The van der Waals surface area contributed by atoms with Gasteiger partial charge >= 0.3 is 5.92 Å². The van der Waals surface area contributed by atoms with Crippen LogP contribution in [0.4, 0.5) is 8.78 Å². The van der Waals surface area contributed by atoms with E-state index < -0.39 is 17.8 Å². The van der Waals surface area contributed by atoms with Gasteiger partial charge in [-0.1, -0.05) is 29.8 Å². The van der Waals surface area contributed by atoms with Crippen molar-refractivity contribution >= 4 is 17.9 Å². The molecule has 12 heavy (non-hydrogen) atoms. The van der Waals surface area contributed by atoms with Crippen LogP contribution in [0, 0.1) is 0 Å². The molecule has 1 aromatic rings. The summed E-state index contributed by atoms with van der Waals surface area (Å²) < 4.78 is 25.4. The van der Waals surface area contributed by atoms with Crippen LogP contribution in [0.15, 0.2) is 24.3 Å². The van der Waals surface area contributed by atoms with Crippen LogP contribution in [-0.4, -0.2) is 6.29 Å². The van der Waals surface area contributed by atoms with Crippen molar-refractivity contribution in [3.8, 4) is 0 Å². The standard InChI is InChI=1S/C8H5ClF2O/c9-7-4-2-1-3-6(7)8(10,11)5-12/h1-5H. The number of hydrogen-bond acceptors (Lipinski definition) is 1. The highest BCUT2D eigenvalue weighted by Gasteiger charge is 2.32. The van der Waals surface area contributed by atoms with Gasteiger partial charge in [0.05, 0.1) is 5.02 Å². The van der Waals surface area contributed by atoms with E-state index in [1.165, 1.54) is 18.2 Å². The van der Waals surface area contributed by atoms with E-state index in [2.05, 4.69) is 0 Å². The molecule has 0 aliphatic carbocycles. The Labute approximate surface area is 73.0 Å². The maximum Gasteiger partial charge on any atom is 0.329 e. The van der Waals surface area contributed by atoms with Gasteiger partial charge < -0.3 is 0 Å². The van der Waals surface area contributed by atoms with Crippen LogP contribution in [0.3, 0.4) is 0 Å². The van der Waals surface area contributed by atoms with E-state index >= 15 is 0 Å². The van der Waals surface area contributed by atoms with Gasteiger partial charge in [-0.15, -0.1) is 0 Å². The van der Waals surface area contributed by atoms with Crippen molar-refractivity contribution in [3.63, 3.8) is 0 Å². The molecule has 64 valence electrons. The van der Waals surface area contributed by atoms with Crippen molar-refractivity contribution in [2.75, 3.05) is 0 Å². The average molecular weight is 191 g/mol. The zero-order chi connectivity index (χ0) is 9.19. The number of carbonyl (C=O) groups excluding carboxylic acids is 1. The number of benzene rings is 1. The SMILES string of the molecule is O=CC(F)(F)c1ccccc1Cl. The van der Waals surface area contributed by atoms with Crippen LogP contribution >= 0.6 is 11.6 Å². The second-order valence-electron chi connectivity index (χ2n) is 2.22. The molecule has 0 radical (unpaired) electrons. The smallest absolute Gasteiger partial charge is 0.296 e. The van der Waals surface area contributed by atoms with Gasteiger partial charge in [0.2, 0.25) is 0 Å². The van der Waals surface area contributed by atoms with Gasteiger partial charge in [0, 0.05) is 5.56 Å². The zero-order valence-electron chi connectivity index (χ0n) is 5.93. The molecule has 0 amide bonds. The topological polar surface area (TPSA) is 17.1 Å². The number of halogens is 3. The highest BCUT2D eigenvalue weighted by molar-refractivity contribution is 6.31. The van der Waals surface area contributed by atoms with Gasteiger partial charge in [-0.05, 0) is 6.07 Å². The fourth-order valence-corrected chi connectivity index (χ4v) is 1.06. The Morgan fingerprint density at radius 3 is 2.42 bits per heavy atom. The van der Waals surface area contributed by atoms with Crippen LogP contribution in [0.1, 0.15) is 5.56 Å². The summed E-state index contributed by atoms with van der Waals surface area (Å²) in [6.45, 7) is 0. The first-order valence-electron chi connectivity index (χ1n) is 3.17. The monoisotopic (exact) mass is 190 g/mol. The Hall–Kier alpha value is -0.960. The lowest BCUT2D eigenvalue weighted by Gasteiger charge is -2.09. The lowest BCUT2D eigenvalue weighted by Crippen LogP contribution is -2.15. The van der Waals surface area contributed by atoms with Crippen molar-refractivity contribution in [2.24, 2.45) is 0 Å². The summed E-state index contributed by atoms with van der Waals surface area (Å²) >= 11 is 5.45. The number of carbonyl (C=O) groups is 1. The van der Waals surface area contributed by atoms with Crippen molar-refractivity contribution in [1.29, 1.82) is 0 Å². The molecule has 0 atom stereocenters. The van der Waals surface area contributed by atoms with E-state index in [0.717, 1.165) is 6.07 Å². The fourth-order valence-electron chi connectivity index (χ4n) is 0.795. The van der Waals surface area contributed by atoms with Crippen LogP contribution in [0.5, 0.6) is 0 Å². The quantitative estimate of drug-likeness (QED) is 0.656. The molecule has 1 rings (SSSR count). The molecular formula is C8H5ClF2O. The van der Waals surface area contributed by atoms with Crippen LogP contribution in [0.25, 0.3) is 0 Å². The lowest BCUT2D eigenvalue weighted by molar-refractivity contribution is -0.130. The van der Waals surface area contributed by atoms with Crippen LogP contribution in [-0.2, 0) is 10.7 Å². The first kappa shape index (κ1) is 9.13. The number of aldehydes is 1. The third-order valence-corrected chi connectivity index (χ3v) is 1.71. The lowest BCUT2D eigenvalue weighted by atomic mass is 10.1. The zero-order valence-corrected chi connectivity index (χ0v) is 6.68. The molecule has 0 unspecified atom stereocenters. The first-order valence-corrected chi connectivity index (χ1v) is 3.55. The van der Waals surface area contributed by atoms with Gasteiger partial charge in [0.1, 0.15) is 0 Å². The van der Waals surface area contributed by atoms with Gasteiger partial charge in [-0.25, -0.2) is 0 Å². The minimum Gasteiger partial charge on any atom is -0.296 e. The molecule has 1 aromatic carbocycles. The van der Waals surface area contributed by atoms with Gasteiger partial charge in [-0.2, -0.15) is 8.78 Å². The predicted molar refractivity (Wildman–Crippen MR) is 41.4 cm³/mol. The van der Waals surface area contributed by atoms with Gasteiger partial charge in [0.25, 0.3) is 0 Å². The third-order valence-electron chi connectivity index (χ3n) is 1.38. The molecule has 1 nitrogen and oxygen atoms in total. The predicted octanol–water partition coefficient (Wildman–Crippen LogP) is 2.63. The number of rotatable bonds is 2.